The molecule has 3 nitrogen and oxygen atoms in total. The quantitative estimate of drug-likeness (QED) is 0.766. The monoisotopic (exact) mass is 246 g/mol. The number of hydrogen-bond acceptors (Lipinski definition) is 3. The number of methoxy groups -OCH3 is 1. The topological polar surface area (TPSA) is 35.5 Å². The van der Waals surface area contributed by atoms with Crippen molar-refractivity contribution in [1.29, 1.82) is 0 Å². The van der Waals surface area contributed by atoms with Crippen LogP contribution >= 0.6 is 0 Å². The second-order valence-corrected chi connectivity index (χ2v) is 5.33. The minimum absolute atomic E-state index is 0.263. The Morgan fingerprint density at radius 1 is 1.28 bits per heavy atom. The van der Waals surface area contributed by atoms with E-state index >= 15 is 0 Å². The summed E-state index contributed by atoms with van der Waals surface area (Å²) in [5.74, 6) is 2.77. The highest BCUT2D eigenvalue weighted by Gasteiger charge is 2.41. The van der Waals surface area contributed by atoms with E-state index in [1.807, 2.05) is 12.1 Å². The zero-order chi connectivity index (χ0) is 12.5. The number of carbonyl (C=O) groups is 1. The van der Waals surface area contributed by atoms with Gasteiger partial charge in [0.15, 0.2) is 17.8 Å². The van der Waals surface area contributed by atoms with E-state index in [0.29, 0.717) is 23.0 Å². The van der Waals surface area contributed by atoms with Gasteiger partial charge in [0, 0.05) is 0 Å². The molecule has 18 heavy (non-hydrogen) atoms. The summed E-state index contributed by atoms with van der Waals surface area (Å²) in [6, 6.07) is 5.43. The van der Waals surface area contributed by atoms with Gasteiger partial charge in [-0.05, 0) is 49.7 Å². The number of benzene rings is 1. The lowest BCUT2D eigenvalue weighted by Gasteiger charge is -2.24. The third kappa shape index (κ3) is 1.88. The van der Waals surface area contributed by atoms with E-state index in [1.54, 1.807) is 13.2 Å². The fourth-order valence-electron chi connectivity index (χ4n) is 3.39. The van der Waals surface area contributed by atoms with Crippen LogP contribution in [0.4, 0.5) is 0 Å². The van der Waals surface area contributed by atoms with E-state index < -0.39 is 0 Å². The fraction of sp³-hybridized carbons (Fsp3) is 0.533. The van der Waals surface area contributed by atoms with Crippen LogP contribution in [0, 0.1) is 11.8 Å². The minimum Gasteiger partial charge on any atom is -0.493 e. The van der Waals surface area contributed by atoms with Gasteiger partial charge in [0.2, 0.25) is 0 Å². The van der Waals surface area contributed by atoms with Crippen molar-refractivity contribution < 1.29 is 14.3 Å². The van der Waals surface area contributed by atoms with Crippen molar-refractivity contribution in [3.63, 3.8) is 0 Å². The molecule has 2 aliphatic rings. The Kier molecular flexibility index (Phi) is 2.98. The number of carbonyl (C=O) groups excluding carboxylic acids is 1. The molecule has 2 aliphatic carbocycles. The summed E-state index contributed by atoms with van der Waals surface area (Å²) in [6.45, 7) is 0. The Balaban J connectivity index is 1.85. The maximum absolute atomic E-state index is 11.1. The predicted molar refractivity (Wildman–Crippen MR) is 68.2 cm³/mol. The van der Waals surface area contributed by atoms with E-state index in [9.17, 15) is 4.79 Å². The van der Waals surface area contributed by atoms with Crippen LogP contribution in [0.2, 0.25) is 0 Å². The number of ether oxygens (including phenoxy) is 2. The second kappa shape index (κ2) is 4.63. The van der Waals surface area contributed by atoms with Crippen LogP contribution in [-0.4, -0.2) is 19.5 Å². The third-order valence-corrected chi connectivity index (χ3v) is 4.30. The molecule has 0 N–H and O–H groups in total. The molecule has 3 heteroatoms. The maximum Gasteiger partial charge on any atom is 0.172 e. The molecular formula is C15H18O3. The molecule has 3 rings (SSSR count). The molecule has 0 radical (unpaired) electrons. The summed E-state index contributed by atoms with van der Waals surface area (Å²) in [5, 5.41) is 0. The van der Waals surface area contributed by atoms with Crippen LogP contribution in [0.15, 0.2) is 18.2 Å². The van der Waals surface area contributed by atoms with Gasteiger partial charge >= 0.3 is 0 Å². The number of hydrogen-bond donors (Lipinski definition) is 0. The molecule has 2 bridgehead atoms. The molecule has 2 saturated carbocycles. The number of rotatable bonds is 4. The van der Waals surface area contributed by atoms with Crippen LogP contribution in [0.1, 0.15) is 36.0 Å². The summed E-state index contributed by atoms with van der Waals surface area (Å²) < 4.78 is 11.4. The molecule has 0 saturated heterocycles. The van der Waals surface area contributed by atoms with Crippen LogP contribution in [0.3, 0.4) is 0 Å². The van der Waals surface area contributed by atoms with Crippen LogP contribution in [0.5, 0.6) is 11.5 Å². The zero-order valence-corrected chi connectivity index (χ0v) is 10.6. The van der Waals surface area contributed by atoms with Gasteiger partial charge in [0.05, 0.1) is 12.7 Å². The molecule has 3 atom stereocenters. The highest BCUT2D eigenvalue weighted by atomic mass is 16.5. The van der Waals surface area contributed by atoms with Gasteiger partial charge in [0.25, 0.3) is 0 Å². The van der Waals surface area contributed by atoms with Crippen molar-refractivity contribution in [2.45, 2.75) is 31.8 Å². The Hall–Kier alpha value is -1.51. The molecular weight excluding hydrogens is 228 g/mol. The fourth-order valence-corrected chi connectivity index (χ4v) is 3.39. The first-order valence-electron chi connectivity index (χ1n) is 6.60. The van der Waals surface area contributed by atoms with Crippen molar-refractivity contribution in [2.75, 3.05) is 7.11 Å². The summed E-state index contributed by atoms with van der Waals surface area (Å²) in [6.07, 6.45) is 6.12. The summed E-state index contributed by atoms with van der Waals surface area (Å²) in [4.78, 5) is 11.1. The summed E-state index contributed by atoms with van der Waals surface area (Å²) in [5.41, 5.74) is 0.581. The Bertz CT molecular complexity index is 455. The van der Waals surface area contributed by atoms with Gasteiger partial charge < -0.3 is 9.47 Å². The Labute approximate surface area is 107 Å². The Morgan fingerprint density at radius 2 is 2.17 bits per heavy atom. The molecule has 96 valence electrons. The smallest absolute Gasteiger partial charge is 0.172 e. The Morgan fingerprint density at radius 3 is 2.78 bits per heavy atom. The highest BCUT2D eigenvalue weighted by Crippen LogP contribution is 2.47. The average molecular weight is 246 g/mol. The number of fused-ring (bicyclic) bond motifs is 2. The standard InChI is InChI=1S/C15H18O3/c1-17-13-4-2-3-12(9-16)15(13)18-14-8-10-5-6-11(14)7-10/h2-4,9-11,14H,5-8H2,1H3. The maximum atomic E-state index is 11.1. The van der Waals surface area contributed by atoms with Gasteiger partial charge in [-0.1, -0.05) is 6.07 Å². The van der Waals surface area contributed by atoms with Gasteiger partial charge in [-0.3, -0.25) is 4.79 Å². The van der Waals surface area contributed by atoms with Gasteiger partial charge in [-0.2, -0.15) is 0 Å². The molecule has 0 aliphatic heterocycles. The average Bonchev–Trinajstić information content (AvgIpc) is 3.01. The molecule has 0 aromatic heterocycles. The molecule has 0 heterocycles. The van der Waals surface area contributed by atoms with Crippen LogP contribution in [-0.2, 0) is 0 Å². The van der Waals surface area contributed by atoms with E-state index in [4.69, 9.17) is 9.47 Å². The van der Waals surface area contributed by atoms with Gasteiger partial charge in [-0.25, -0.2) is 0 Å². The summed E-state index contributed by atoms with van der Waals surface area (Å²) >= 11 is 0. The van der Waals surface area contributed by atoms with Crippen molar-refractivity contribution in [3.8, 4) is 11.5 Å². The van der Waals surface area contributed by atoms with Crippen molar-refractivity contribution in [2.24, 2.45) is 11.8 Å². The molecule has 1 aromatic rings. The molecule has 3 unspecified atom stereocenters. The first kappa shape index (κ1) is 11.6. The minimum atomic E-state index is 0.263. The first-order chi connectivity index (χ1) is 8.81. The summed E-state index contributed by atoms with van der Waals surface area (Å²) in [7, 11) is 1.61. The van der Waals surface area contributed by atoms with Gasteiger partial charge in [0.1, 0.15) is 6.10 Å². The van der Waals surface area contributed by atoms with E-state index in [-0.39, 0.29) is 6.10 Å². The molecule has 1 aromatic carbocycles. The lowest BCUT2D eigenvalue weighted by atomic mass is 9.97. The molecule has 0 amide bonds. The van der Waals surface area contributed by atoms with E-state index in [0.717, 1.165) is 18.6 Å². The van der Waals surface area contributed by atoms with Crippen LogP contribution in [0.25, 0.3) is 0 Å². The van der Waals surface area contributed by atoms with E-state index in [2.05, 4.69) is 0 Å². The SMILES string of the molecule is COc1cccc(C=O)c1OC1CC2CCC1C2. The highest BCUT2D eigenvalue weighted by molar-refractivity contribution is 5.81. The van der Waals surface area contributed by atoms with Crippen molar-refractivity contribution in [1.82, 2.24) is 0 Å². The number of para-hydroxylation sites is 1. The van der Waals surface area contributed by atoms with Crippen molar-refractivity contribution >= 4 is 6.29 Å². The third-order valence-electron chi connectivity index (χ3n) is 4.30. The largest absolute Gasteiger partial charge is 0.493 e. The molecule has 2 fully saturated rings. The van der Waals surface area contributed by atoms with Crippen LogP contribution < -0.4 is 9.47 Å². The van der Waals surface area contributed by atoms with Gasteiger partial charge in [-0.15, -0.1) is 0 Å². The predicted octanol–water partition coefficient (Wildman–Crippen LogP) is 3.08. The zero-order valence-electron chi connectivity index (χ0n) is 10.6. The lowest BCUT2D eigenvalue weighted by molar-refractivity contribution is 0.109. The molecule has 0 spiro atoms. The first-order valence-corrected chi connectivity index (χ1v) is 6.60. The second-order valence-electron chi connectivity index (χ2n) is 5.33. The van der Waals surface area contributed by atoms with E-state index in [1.165, 1.54) is 19.3 Å². The van der Waals surface area contributed by atoms with Crippen molar-refractivity contribution in [3.05, 3.63) is 23.8 Å². The normalized spacial score (nSPS) is 29.3. The lowest BCUT2D eigenvalue weighted by Crippen LogP contribution is -2.24. The number of aldehydes is 1.